The number of ketones is 1. The van der Waals surface area contributed by atoms with Crippen molar-refractivity contribution < 1.29 is 37.3 Å². The van der Waals surface area contributed by atoms with E-state index in [2.05, 4.69) is 10.1 Å². The van der Waals surface area contributed by atoms with E-state index in [0.29, 0.717) is 22.7 Å². The van der Waals surface area contributed by atoms with Crippen molar-refractivity contribution in [2.24, 2.45) is 0 Å². The van der Waals surface area contributed by atoms with Crippen LogP contribution in [0.1, 0.15) is 21.5 Å². The molecule has 3 aromatic rings. The maximum Gasteiger partial charge on any atom is 0.387 e. The number of halogens is 2. The van der Waals surface area contributed by atoms with Gasteiger partial charge in [-0.05, 0) is 61.0 Å². The number of benzene rings is 3. The molecule has 0 bridgehead atoms. The molecule has 3 aromatic carbocycles. The van der Waals surface area contributed by atoms with Crippen LogP contribution in [0.2, 0.25) is 0 Å². The molecule has 1 N–H and O–H groups in total. The van der Waals surface area contributed by atoms with Gasteiger partial charge in [-0.15, -0.1) is 0 Å². The fourth-order valence-electron chi connectivity index (χ4n) is 3.17. The number of alkyl halides is 2. The second-order valence-electron chi connectivity index (χ2n) is 7.55. The minimum Gasteiger partial charge on any atom is -0.493 e. The summed E-state index contributed by atoms with van der Waals surface area (Å²) in [6.45, 7) is -1.27. The first-order valence-corrected chi connectivity index (χ1v) is 10.8. The predicted octanol–water partition coefficient (Wildman–Crippen LogP) is 5.53. The van der Waals surface area contributed by atoms with Crippen molar-refractivity contribution in [1.82, 2.24) is 0 Å². The van der Waals surface area contributed by atoms with Crippen LogP contribution in [0.4, 0.5) is 14.5 Å². The van der Waals surface area contributed by atoms with Crippen molar-refractivity contribution in [2.75, 3.05) is 26.1 Å². The molecule has 0 radical (unpaired) electrons. The quantitative estimate of drug-likeness (QED) is 0.277. The van der Waals surface area contributed by atoms with Gasteiger partial charge in [0, 0.05) is 11.3 Å². The van der Waals surface area contributed by atoms with Gasteiger partial charge in [0.2, 0.25) is 0 Å². The lowest BCUT2D eigenvalue weighted by molar-refractivity contribution is -0.118. The van der Waals surface area contributed by atoms with E-state index in [0.717, 1.165) is 5.56 Å². The predicted molar refractivity (Wildman–Crippen MR) is 131 cm³/mol. The van der Waals surface area contributed by atoms with Crippen LogP contribution in [0.3, 0.4) is 0 Å². The van der Waals surface area contributed by atoms with Gasteiger partial charge < -0.3 is 24.3 Å². The molecule has 1 amide bonds. The molecule has 7 nitrogen and oxygen atoms in total. The molecule has 0 aliphatic rings. The molecule has 9 heteroatoms. The van der Waals surface area contributed by atoms with E-state index < -0.39 is 6.61 Å². The lowest BCUT2D eigenvalue weighted by Crippen LogP contribution is -2.20. The number of anilines is 1. The molecular formula is C27H25F2NO6. The zero-order chi connectivity index (χ0) is 26.1. The molecule has 0 aliphatic heterocycles. The Kier molecular flexibility index (Phi) is 8.99. The van der Waals surface area contributed by atoms with Gasteiger partial charge in [-0.2, -0.15) is 8.78 Å². The normalized spacial score (nSPS) is 10.8. The van der Waals surface area contributed by atoms with Crippen LogP contribution in [-0.4, -0.2) is 39.1 Å². The number of amides is 1. The number of nitrogens with one attached hydrogen (secondary N) is 1. The van der Waals surface area contributed by atoms with Crippen LogP contribution in [0, 0.1) is 6.92 Å². The van der Waals surface area contributed by atoms with Gasteiger partial charge in [-0.3, -0.25) is 9.59 Å². The SMILES string of the molecule is COc1cc(/C=C/C(=O)c2ccc(OC(F)F)c(OC)c2)ccc1OCC(=O)Nc1ccc(C)cc1. The zero-order valence-electron chi connectivity index (χ0n) is 19.9. The fourth-order valence-corrected chi connectivity index (χ4v) is 3.17. The van der Waals surface area contributed by atoms with Gasteiger partial charge in [0.15, 0.2) is 35.4 Å². The second kappa shape index (κ2) is 12.3. The standard InChI is InChI=1S/C27H25F2NO6/c1-17-4-9-20(10-5-17)30-26(32)16-35-22-12-7-18(14-24(22)33-2)6-11-21(31)19-8-13-23(36-27(28)29)25(15-19)34-3/h4-15,27H,16H2,1-3H3,(H,30,32)/b11-6+. The number of aryl methyl sites for hydroxylation is 1. The van der Waals surface area contributed by atoms with E-state index in [1.165, 1.54) is 38.5 Å². The van der Waals surface area contributed by atoms with Crippen LogP contribution in [-0.2, 0) is 4.79 Å². The summed E-state index contributed by atoms with van der Waals surface area (Å²) in [6.07, 6.45) is 2.89. The van der Waals surface area contributed by atoms with Crippen LogP contribution in [0.5, 0.6) is 23.0 Å². The second-order valence-corrected chi connectivity index (χ2v) is 7.55. The highest BCUT2D eigenvalue weighted by atomic mass is 19.3. The van der Waals surface area contributed by atoms with E-state index in [9.17, 15) is 18.4 Å². The first kappa shape index (κ1) is 26.2. The highest BCUT2D eigenvalue weighted by Crippen LogP contribution is 2.31. The van der Waals surface area contributed by atoms with Crippen LogP contribution in [0.15, 0.2) is 66.7 Å². The number of hydrogen-bond acceptors (Lipinski definition) is 6. The summed E-state index contributed by atoms with van der Waals surface area (Å²) >= 11 is 0. The van der Waals surface area contributed by atoms with Crippen molar-refractivity contribution in [2.45, 2.75) is 13.5 Å². The Morgan fingerprint density at radius 3 is 2.22 bits per heavy atom. The van der Waals surface area contributed by atoms with Gasteiger partial charge in [0.1, 0.15) is 0 Å². The molecule has 0 fully saturated rings. The van der Waals surface area contributed by atoms with Gasteiger partial charge in [-0.1, -0.05) is 29.8 Å². The van der Waals surface area contributed by atoms with Crippen molar-refractivity contribution in [3.8, 4) is 23.0 Å². The molecule has 188 valence electrons. The summed E-state index contributed by atoms with van der Waals surface area (Å²) in [4.78, 5) is 24.7. The third-order valence-corrected chi connectivity index (χ3v) is 4.97. The maximum absolute atomic E-state index is 12.6. The van der Waals surface area contributed by atoms with E-state index in [4.69, 9.17) is 14.2 Å². The van der Waals surface area contributed by atoms with Crippen molar-refractivity contribution in [3.63, 3.8) is 0 Å². The maximum atomic E-state index is 12.6. The van der Waals surface area contributed by atoms with Crippen LogP contribution < -0.4 is 24.3 Å². The third-order valence-electron chi connectivity index (χ3n) is 4.97. The number of carbonyl (C=O) groups excluding carboxylic acids is 2. The molecular weight excluding hydrogens is 472 g/mol. The number of ether oxygens (including phenoxy) is 4. The Morgan fingerprint density at radius 2 is 1.56 bits per heavy atom. The number of allylic oxidation sites excluding steroid dienone is 1. The molecule has 0 saturated carbocycles. The Hall–Kier alpha value is -4.40. The zero-order valence-corrected chi connectivity index (χ0v) is 19.9. The van der Waals surface area contributed by atoms with E-state index in [1.807, 2.05) is 19.1 Å². The summed E-state index contributed by atoms with van der Waals surface area (Å²) in [5.74, 6) is -0.104. The van der Waals surface area contributed by atoms with E-state index >= 15 is 0 Å². The minimum atomic E-state index is -3.01. The Labute approximate surface area is 207 Å². The van der Waals surface area contributed by atoms with Gasteiger partial charge in [0.05, 0.1) is 14.2 Å². The molecule has 36 heavy (non-hydrogen) atoms. The fraction of sp³-hybridized carbons (Fsp3) is 0.185. The lowest BCUT2D eigenvalue weighted by atomic mass is 10.1. The summed E-state index contributed by atoms with van der Waals surface area (Å²) in [5, 5.41) is 2.75. The summed E-state index contributed by atoms with van der Waals surface area (Å²) in [7, 11) is 2.75. The average molecular weight is 497 g/mol. The Balaban J connectivity index is 1.64. The third kappa shape index (κ3) is 7.30. The summed E-state index contributed by atoms with van der Waals surface area (Å²) < 4.78 is 45.3. The highest BCUT2D eigenvalue weighted by molar-refractivity contribution is 6.07. The first-order chi connectivity index (χ1) is 17.3. The highest BCUT2D eigenvalue weighted by Gasteiger charge is 2.13. The molecule has 0 saturated heterocycles. The topological polar surface area (TPSA) is 83.1 Å². The lowest BCUT2D eigenvalue weighted by Gasteiger charge is -2.12. The van der Waals surface area contributed by atoms with Gasteiger partial charge in [-0.25, -0.2) is 0 Å². The Bertz CT molecular complexity index is 1240. The number of carbonyl (C=O) groups is 2. The number of rotatable bonds is 11. The first-order valence-electron chi connectivity index (χ1n) is 10.8. The van der Waals surface area contributed by atoms with Crippen LogP contribution >= 0.6 is 0 Å². The van der Waals surface area contributed by atoms with Crippen molar-refractivity contribution >= 4 is 23.5 Å². The Morgan fingerprint density at radius 1 is 0.889 bits per heavy atom. The summed E-state index contributed by atoms with van der Waals surface area (Å²) in [5.41, 5.74) is 2.62. The largest absolute Gasteiger partial charge is 0.493 e. The van der Waals surface area contributed by atoms with Crippen LogP contribution in [0.25, 0.3) is 6.08 Å². The minimum absolute atomic E-state index is 0.0177. The monoisotopic (exact) mass is 497 g/mol. The van der Waals surface area contributed by atoms with Crippen molar-refractivity contribution in [3.05, 3.63) is 83.4 Å². The average Bonchev–Trinajstić information content (AvgIpc) is 2.87. The number of methoxy groups -OCH3 is 2. The van der Waals surface area contributed by atoms with Gasteiger partial charge >= 0.3 is 6.61 Å². The molecule has 0 heterocycles. The molecule has 0 unspecified atom stereocenters. The van der Waals surface area contributed by atoms with E-state index in [1.54, 1.807) is 36.4 Å². The molecule has 0 spiro atoms. The van der Waals surface area contributed by atoms with Gasteiger partial charge in [0.25, 0.3) is 5.91 Å². The summed E-state index contributed by atoms with van der Waals surface area (Å²) in [6, 6.07) is 16.3. The van der Waals surface area contributed by atoms with Crippen molar-refractivity contribution in [1.29, 1.82) is 0 Å². The molecule has 3 rings (SSSR count). The number of hydrogen-bond donors (Lipinski definition) is 1. The smallest absolute Gasteiger partial charge is 0.387 e. The molecule has 0 aromatic heterocycles. The molecule has 0 atom stereocenters. The molecule has 0 aliphatic carbocycles. The van der Waals surface area contributed by atoms with E-state index in [-0.39, 0.29) is 35.4 Å².